The van der Waals surface area contributed by atoms with Crippen LogP contribution in [0.2, 0.25) is 0 Å². The van der Waals surface area contributed by atoms with Crippen LogP contribution in [0.1, 0.15) is 32.8 Å². The van der Waals surface area contributed by atoms with Crippen LogP contribution in [-0.4, -0.2) is 32.4 Å². The molecule has 0 saturated carbocycles. The maximum atomic E-state index is 11.1. The third-order valence-corrected chi connectivity index (χ3v) is 4.11. The fourth-order valence-electron chi connectivity index (χ4n) is 2.04. The SMILES string of the molecule is CC(C)(C)c1cccc2oc(SC(CC(=O)O)C(=O)O)nc12. The quantitative estimate of drug-likeness (QED) is 0.815. The highest BCUT2D eigenvalue weighted by molar-refractivity contribution is 8.00. The second-order valence-electron chi connectivity index (χ2n) is 5.92. The van der Waals surface area contributed by atoms with E-state index in [0.717, 1.165) is 17.3 Å². The Morgan fingerprint density at radius 1 is 1.32 bits per heavy atom. The first kappa shape index (κ1) is 16.4. The molecular weight excluding hydrogens is 306 g/mol. The normalized spacial score (nSPS) is 13.2. The van der Waals surface area contributed by atoms with Crippen molar-refractivity contribution in [2.45, 2.75) is 43.1 Å². The third-order valence-electron chi connectivity index (χ3n) is 3.09. The van der Waals surface area contributed by atoms with Crippen LogP contribution in [0.4, 0.5) is 0 Å². The van der Waals surface area contributed by atoms with Crippen LogP contribution in [0, 0.1) is 0 Å². The Morgan fingerprint density at radius 3 is 2.55 bits per heavy atom. The molecule has 6 nitrogen and oxygen atoms in total. The molecule has 0 aliphatic heterocycles. The lowest BCUT2D eigenvalue weighted by atomic mass is 9.86. The second kappa shape index (κ2) is 6.00. The minimum absolute atomic E-state index is 0.133. The summed E-state index contributed by atoms with van der Waals surface area (Å²) in [5.74, 6) is -2.38. The van der Waals surface area contributed by atoms with Gasteiger partial charge in [0.15, 0.2) is 5.58 Å². The maximum Gasteiger partial charge on any atom is 0.317 e. The minimum atomic E-state index is -1.20. The van der Waals surface area contributed by atoms with Crippen molar-refractivity contribution in [1.29, 1.82) is 0 Å². The van der Waals surface area contributed by atoms with Gasteiger partial charge in [-0.1, -0.05) is 44.7 Å². The predicted molar refractivity (Wildman–Crippen MR) is 82.2 cm³/mol. The van der Waals surface area contributed by atoms with Crippen molar-refractivity contribution in [3.05, 3.63) is 23.8 Å². The average Bonchev–Trinajstić information content (AvgIpc) is 2.77. The van der Waals surface area contributed by atoms with Gasteiger partial charge in [-0.15, -0.1) is 0 Å². The first-order valence-electron chi connectivity index (χ1n) is 6.70. The number of nitrogens with zero attached hydrogens (tertiary/aromatic N) is 1. The van der Waals surface area contributed by atoms with E-state index in [1.54, 1.807) is 6.07 Å². The standard InChI is InChI=1S/C15H17NO5S/c1-15(2,3)8-5-4-6-9-12(8)16-14(21-9)22-10(13(19)20)7-11(17)18/h4-6,10H,7H2,1-3H3,(H,17,18)(H,19,20). The lowest BCUT2D eigenvalue weighted by molar-refractivity contribution is -0.142. The topological polar surface area (TPSA) is 101 Å². The molecule has 0 aliphatic rings. The van der Waals surface area contributed by atoms with E-state index in [4.69, 9.17) is 14.6 Å². The third kappa shape index (κ3) is 3.59. The highest BCUT2D eigenvalue weighted by Gasteiger charge is 2.26. The molecule has 0 fully saturated rings. The molecule has 0 amide bonds. The number of carbonyl (C=O) groups is 2. The van der Waals surface area contributed by atoms with Gasteiger partial charge in [-0.05, 0) is 17.0 Å². The molecule has 118 valence electrons. The number of carboxylic acids is 2. The molecule has 0 bridgehead atoms. The number of rotatable bonds is 5. The van der Waals surface area contributed by atoms with Crippen LogP contribution >= 0.6 is 11.8 Å². The van der Waals surface area contributed by atoms with Gasteiger partial charge in [-0.2, -0.15) is 0 Å². The fourth-order valence-corrected chi connectivity index (χ4v) is 2.90. The van der Waals surface area contributed by atoms with E-state index < -0.39 is 23.6 Å². The van der Waals surface area contributed by atoms with Gasteiger partial charge in [0.2, 0.25) is 0 Å². The Bertz CT molecular complexity index is 716. The van der Waals surface area contributed by atoms with Crippen molar-refractivity contribution in [1.82, 2.24) is 4.98 Å². The largest absolute Gasteiger partial charge is 0.481 e. The summed E-state index contributed by atoms with van der Waals surface area (Å²) in [6.45, 7) is 6.15. The first-order valence-corrected chi connectivity index (χ1v) is 7.57. The molecule has 2 aromatic rings. The molecule has 1 aromatic heterocycles. The Hall–Kier alpha value is -2.02. The van der Waals surface area contributed by atoms with Gasteiger partial charge in [0.25, 0.3) is 5.22 Å². The van der Waals surface area contributed by atoms with Crippen molar-refractivity contribution >= 4 is 34.8 Å². The van der Waals surface area contributed by atoms with Crippen LogP contribution < -0.4 is 0 Å². The van der Waals surface area contributed by atoms with Crippen LogP contribution in [0.25, 0.3) is 11.1 Å². The monoisotopic (exact) mass is 323 g/mol. The molecule has 2 N–H and O–H groups in total. The summed E-state index contributed by atoms with van der Waals surface area (Å²) in [5.41, 5.74) is 2.10. The molecule has 1 heterocycles. The van der Waals surface area contributed by atoms with Gasteiger partial charge in [-0.3, -0.25) is 9.59 Å². The summed E-state index contributed by atoms with van der Waals surface area (Å²) < 4.78 is 5.56. The Labute approximate surface area is 131 Å². The number of aromatic nitrogens is 1. The molecule has 7 heteroatoms. The summed E-state index contributed by atoms with van der Waals surface area (Å²) in [6, 6.07) is 5.56. The first-order chi connectivity index (χ1) is 10.2. The van der Waals surface area contributed by atoms with Gasteiger partial charge in [0.05, 0.1) is 6.42 Å². The number of thioether (sulfide) groups is 1. The summed E-state index contributed by atoms with van der Waals surface area (Å²) in [5, 5.41) is 16.9. The summed E-state index contributed by atoms with van der Waals surface area (Å²) >= 11 is 0.812. The number of oxazole rings is 1. The van der Waals surface area contributed by atoms with Gasteiger partial charge >= 0.3 is 11.9 Å². The van der Waals surface area contributed by atoms with Gasteiger partial charge in [-0.25, -0.2) is 4.98 Å². The zero-order valence-electron chi connectivity index (χ0n) is 12.5. The van der Waals surface area contributed by atoms with Gasteiger partial charge in [0, 0.05) is 0 Å². The molecule has 2 rings (SSSR count). The highest BCUT2D eigenvalue weighted by Crippen LogP contribution is 2.33. The van der Waals surface area contributed by atoms with E-state index in [9.17, 15) is 9.59 Å². The summed E-state index contributed by atoms with van der Waals surface area (Å²) in [7, 11) is 0. The molecule has 0 spiro atoms. The van der Waals surface area contributed by atoms with E-state index in [2.05, 4.69) is 4.98 Å². The predicted octanol–water partition coefficient (Wildman–Crippen LogP) is 3.15. The Balaban J connectivity index is 2.37. The Morgan fingerprint density at radius 2 is 2.00 bits per heavy atom. The highest BCUT2D eigenvalue weighted by atomic mass is 32.2. The molecule has 1 unspecified atom stereocenters. The number of aliphatic carboxylic acids is 2. The van der Waals surface area contributed by atoms with Crippen molar-refractivity contribution in [3.8, 4) is 0 Å². The number of hydrogen-bond acceptors (Lipinski definition) is 5. The van der Waals surface area contributed by atoms with Gasteiger partial charge < -0.3 is 14.6 Å². The van der Waals surface area contributed by atoms with Crippen LogP contribution in [0.15, 0.2) is 27.8 Å². The molecule has 1 atom stereocenters. The Kier molecular flexibility index (Phi) is 4.46. The zero-order valence-corrected chi connectivity index (χ0v) is 13.3. The number of fused-ring (bicyclic) bond motifs is 1. The zero-order chi connectivity index (χ0) is 16.5. The van der Waals surface area contributed by atoms with Crippen molar-refractivity contribution in [2.75, 3.05) is 0 Å². The van der Waals surface area contributed by atoms with Crippen LogP contribution in [-0.2, 0) is 15.0 Å². The number of para-hydroxylation sites is 1. The lowest BCUT2D eigenvalue weighted by Gasteiger charge is -2.18. The van der Waals surface area contributed by atoms with Crippen molar-refractivity contribution < 1.29 is 24.2 Å². The molecule has 0 radical (unpaired) electrons. The van der Waals surface area contributed by atoms with E-state index >= 15 is 0 Å². The average molecular weight is 323 g/mol. The van der Waals surface area contributed by atoms with E-state index in [-0.39, 0.29) is 10.6 Å². The van der Waals surface area contributed by atoms with Crippen LogP contribution in [0.3, 0.4) is 0 Å². The molecule has 22 heavy (non-hydrogen) atoms. The number of hydrogen-bond donors (Lipinski definition) is 2. The minimum Gasteiger partial charge on any atom is -0.481 e. The van der Waals surface area contributed by atoms with Gasteiger partial charge in [0.1, 0.15) is 10.8 Å². The van der Waals surface area contributed by atoms with Crippen LogP contribution in [0.5, 0.6) is 0 Å². The lowest BCUT2D eigenvalue weighted by Crippen LogP contribution is -2.20. The van der Waals surface area contributed by atoms with E-state index in [0.29, 0.717) is 11.1 Å². The van der Waals surface area contributed by atoms with E-state index in [1.807, 2.05) is 32.9 Å². The van der Waals surface area contributed by atoms with Crippen molar-refractivity contribution in [2.24, 2.45) is 0 Å². The second-order valence-corrected chi connectivity index (χ2v) is 7.08. The number of carboxylic acid groups (broad SMARTS) is 2. The van der Waals surface area contributed by atoms with Crippen molar-refractivity contribution in [3.63, 3.8) is 0 Å². The number of benzene rings is 1. The summed E-state index contributed by atoms with van der Waals surface area (Å²) in [6.07, 6.45) is -0.495. The summed E-state index contributed by atoms with van der Waals surface area (Å²) in [4.78, 5) is 26.2. The smallest absolute Gasteiger partial charge is 0.317 e. The molecular formula is C15H17NO5S. The fraction of sp³-hybridized carbons (Fsp3) is 0.400. The maximum absolute atomic E-state index is 11.1. The van der Waals surface area contributed by atoms with E-state index in [1.165, 1.54) is 0 Å². The molecule has 1 aromatic carbocycles. The molecule has 0 saturated heterocycles. The molecule has 0 aliphatic carbocycles.